The fourth-order valence-electron chi connectivity index (χ4n) is 10.8. The summed E-state index contributed by atoms with van der Waals surface area (Å²) in [5.74, 6) is 5.57. The van der Waals surface area contributed by atoms with Gasteiger partial charge in [-0.1, -0.05) is 47.8 Å². The van der Waals surface area contributed by atoms with Gasteiger partial charge in [0.25, 0.3) is 0 Å². The highest BCUT2D eigenvalue weighted by Gasteiger charge is 2.34. The third-order valence-electron chi connectivity index (χ3n) is 16.1. The van der Waals surface area contributed by atoms with Gasteiger partial charge in [0.2, 0.25) is 29.7 Å². The van der Waals surface area contributed by atoms with Crippen LogP contribution in [0.15, 0.2) is 292 Å². The van der Waals surface area contributed by atoms with E-state index in [9.17, 15) is 17.6 Å². The first-order valence-corrected chi connectivity index (χ1v) is 39.9. The first kappa shape index (κ1) is 85.3. The Balaban J connectivity index is 0.000000145. The standard InChI is InChI=1S/C18H19N5.C17H14F3N5S.2C17H17N5S.C16H14FN5S/c1-13-12-17(23-18(19)21-13)22-16-6-4-14(5-7-16)2-3-15-8-10-20-11-9-15;1-10-8-15(25-16(21)23-10)24-11-2-3-14(13(9-11)17(18,19)20)26-12-4-6-22-7-5-12;1-12-10-16(22-17(18)20-12)21-14-2-4-15(5-3-14)23-11-13-6-8-19-9-7-13;1-12-10-16(22-17(18)20-12)21-14-4-2-13(3-5-14)11-23-15-6-8-19-9-7-15;1-10-8-15(22-16(18)20-10)21-11-2-3-14(13(17)9-11)23-12-4-6-19-7-5-12/h4-12H,2-3H2,1H3,(H3,19,21,22,23);2-9H,1H3,(H3,21,23,24,25);2*2-10H,11H2,1H3,(H3,18,20,21,22);2-9H,1H3,(H3,18,20,21,22). The Hall–Kier alpha value is -13.6. The number of alkyl halides is 3. The van der Waals surface area contributed by atoms with Crippen molar-refractivity contribution in [1.82, 2.24) is 74.8 Å². The van der Waals surface area contributed by atoms with Gasteiger partial charge in [0.1, 0.15) is 34.9 Å². The zero-order valence-corrected chi connectivity index (χ0v) is 67.7. The number of hydrogen-bond donors (Lipinski definition) is 10. The largest absolute Gasteiger partial charge is 0.417 e. The van der Waals surface area contributed by atoms with Gasteiger partial charge in [-0.3, -0.25) is 24.9 Å². The zero-order valence-electron chi connectivity index (χ0n) is 64.4. The molecule has 15 N–H and O–H groups in total. The Morgan fingerprint density at radius 2 is 0.559 bits per heavy atom. The molecule has 25 nitrogen and oxygen atoms in total. The second-order valence-corrected chi connectivity index (χ2v) is 30.0. The van der Waals surface area contributed by atoms with Gasteiger partial charge in [0.15, 0.2) is 0 Å². The summed E-state index contributed by atoms with van der Waals surface area (Å²) in [7, 11) is 0. The molecule has 0 fully saturated rings. The zero-order chi connectivity index (χ0) is 83.2. The Bertz CT molecular complexity index is 5270. The van der Waals surface area contributed by atoms with Crippen LogP contribution >= 0.6 is 47.0 Å². The van der Waals surface area contributed by atoms with E-state index in [-0.39, 0.29) is 46.1 Å². The second kappa shape index (κ2) is 42.7. The Morgan fingerprint density at radius 1 is 0.288 bits per heavy atom. The minimum atomic E-state index is -4.49. The fraction of sp³-hybridized carbons (Fsp3) is 0.118. The number of nitrogen functional groups attached to an aromatic ring is 5. The molecule has 0 saturated carbocycles. The number of benzene rings is 5. The summed E-state index contributed by atoms with van der Waals surface area (Å²) in [5, 5.41) is 15.6. The molecule has 0 saturated heterocycles. The van der Waals surface area contributed by atoms with E-state index >= 15 is 0 Å². The van der Waals surface area contributed by atoms with Gasteiger partial charge in [-0.05, 0) is 215 Å². The minimum Gasteiger partial charge on any atom is -0.368 e. The van der Waals surface area contributed by atoms with Crippen LogP contribution in [-0.2, 0) is 30.5 Å². The maximum Gasteiger partial charge on any atom is 0.417 e. The molecule has 5 aromatic carbocycles. The van der Waals surface area contributed by atoms with Gasteiger partial charge in [-0.15, -0.1) is 23.5 Å². The average Bonchev–Trinajstić information content (AvgIpc) is 0.803. The molecule has 0 bridgehead atoms. The molecule has 10 aromatic heterocycles. The summed E-state index contributed by atoms with van der Waals surface area (Å²) in [5.41, 5.74) is 40.2. The van der Waals surface area contributed by atoms with Crippen molar-refractivity contribution in [2.24, 2.45) is 0 Å². The van der Waals surface area contributed by atoms with Crippen molar-refractivity contribution < 1.29 is 17.6 Å². The van der Waals surface area contributed by atoms with Crippen LogP contribution < -0.4 is 55.3 Å². The van der Waals surface area contributed by atoms with E-state index < -0.39 is 11.7 Å². The summed E-state index contributed by atoms with van der Waals surface area (Å²) >= 11 is 5.96. The van der Waals surface area contributed by atoms with Crippen molar-refractivity contribution in [1.29, 1.82) is 0 Å². The monoisotopic (exact) mass is 1660 g/mol. The fourth-order valence-corrected chi connectivity index (χ4v) is 14.3. The Labute approximate surface area is 696 Å². The SMILES string of the molecule is Cc1cc(Nc2ccc(CCc3ccncc3)cc2)nc(N)n1.Cc1cc(Nc2ccc(CSc3ccncc3)cc2)nc(N)n1.Cc1cc(Nc2ccc(SCc3ccncc3)cc2)nc(N)n1.Cc1cc(Nc2ccc(Sc3ccncc3)c(C(F)(F)F)c2)nc(N)n1.Cc1cc(Nc2ccc(Sc3ccncc3)c(F)c2)nc(N)n1. The van der Waals surface area contributed by atoms with E-state index in [0.29, 0.717) is 50.3 Å². The van der Waals surface area contributed by atoms with E-state index in [1.807, 2.05) is 144 Å². The lowest BCUT2D eigenvalue weighted by atomic mass is 10.1. The smallest absolute Gasteiger partial charge is 0.368 e. The van der Waals surface area contributed by atoms with Gasteiger partial charge < -0.3 is 55.3 Å². The molecule has 0 aliphatic heterocycles. The summed E-state index contributed by atoms with van der Waals surface area (Å²) in [6, 6.07) is 62.0. The quantitative estimate of drug-likeness (QED) is 0.0210. The predicted molar refractivity (Wildman–Crippen MR) is 465 cm³/mol. The highest BCUT2D eigenvalue weighted by Crippen LogP contribution is 2.42. The van der Waals surface area contributed by atoms with E-state index in [1.165, 1.54) is 68.3 Å². The van der Waals surface area contributed by atoms with E-state index in [4.69, 9.17) is 28.7 Å². The molecule has 598 valence electrons. The molecule has 15 rings (SSSR count). The number of aryl methyl sites for hydroxylation is 7. The minimum absolute atomic E-state index is 0.0495. The summed E-state index contributed by atoms with van der Waals surface area (Å²) in [4.78, 5) is 65.3. The van der Waals surface area contributed by atoms with Crippen molar-refractivity contribution >= 4 is 134 Å². The summed E-state index contributed by atoms with van der Waals surface area (Å²) in [6.07, 6.45) is 14.9. The van der Waals surface area contributed by atoms with E-state index in [1.54, 1.807) is 85.3 Å². The Kier molecular flexibility index (Phi) is 30.8. The Morgan fingerprint density at radius 3 is 0.915 bits per heavy atom. The molecule has 0 amide bonds. The number of rotatable bonds is 23. The molecule has 0 aliphatic rings. The topological polar surface area (TPSA) is 384 Å². The van der Waals surface area contributed by atoms with Crippen molar-refractivity contribution in [2.45, 2.75) is 94.5 Å². The lowest BCUT2D eigenvalue weighted by Gasteiger charge is -2.15. The van der Waals surface area contributed by atoms with Gasteiger partial charge in [-0.2, -0.15) is 38.1 Å². The molecule has 10 heterocycles. The van der Waals surface area contributed by atoms with E-state index in [2.05, 4.69) is 162 Å². The van der Waals surface area contributed by atoms with Gasteiger partial charge in [0, 0.05) is 190 Å². The lowest BCUT2D eigenvalue weighted by Crippen LogP contribution is -2.08. The van der Waals surface area contributed by atoms with Crippen LogP contribution in [-0.4, -0.2) is 74.8 Å². The number of hydrogen-bond acceptors (Lipinski definition) is 29. The number of thioether (sulfide) groups is 2. The molecule has 0 aliphatic carbocycles. The summed E-state index contributed by atoms with van der Waals surface area (Å²) in [6.45, 7) is 9.22. The molecule has 33 heteroatoms. The van der Waals surface area contributed by atoms with Crippen LogP contribution in [0.25, 0.3) is 0 Å². The molecule has 118 heavy (non-hydrogen) atoms. The van der Waals surface area contributed by atoms with Gasteiger partial charge >= 0.3 is 6.18 Å². The molecular formula is C85H81F4N25S4. The third kappa shape index (κ3) is 28.7. The highest BCUT2D eigenvalue weighted by molar-refractivity contribution is 7.99. The number of nitrogens with one attached hydrogen (secondary N) is 5. The van der Waals surface area contributed by atoms with Crippen molar-refractivity contribution in [3.8, 4) is 0 Å². The van der Waals surface area contributed by atoms with Crippen molar-refractivity contribution in [3.05, 3.63) is 324 Å². The van der Waals surface area contributed by atoms with Crippen molar-refractivity contribution in [2.75, 3.05) is 55.3 Å². The first-order chi connectivity index (χ1) is 57.0. The van der Waals surface area contributed by atoms with Crippen LogP contribution in [0.5, 0.6) is 0 Å². The van der Waals surface area contributed by atoms with Crippen molar-refractivity contribution in [3.63, 3.8) is 0 Å². The average molecular weight is 1660 g/mol. The summed E-state index contributed by atoms with van der Waals surface area (Å²) < 4.78 is 54.8. The molecule has 0 unspecified atom stereocenters. The van der Waals surface area contributed by atoms with Gasteiger partial charge in [-0.25, -0.2) is 29.3 Å². The van der Waals surface area contributed by atoms with Crippen LogP contribution in [0, 0.1) is 40.4 Å². The molecule has 0 atom stereocenters. The maximum absolute atomic E-state index is 14.3. The second-order valence-electron chi connectivity index (χ2n) is 25.7. The van der Waals surface area contributed by atoms with Crippen LogP contribution in [0.1, 0.15) is 56.3 Å². The van der Waals surface area contributed by atoms with Crippen LogP contribution in [0.2, 0.25) is 0 Å². The highest BCUT2D eigenvalue weighted by atomic mass is 32.2. The number of nitrogens with two attached hydrogens (primary N) is 5. The third-order valence-corrected chi connectivity index (χ3v) is 20.4. The van der Waals surface area contributed by atoms with E-state index in [0.717, 1.165) is 86.9 Å². The number of pyridine rings is 5. The lowest BCUT2D eigenvalue weighted by molar-refractivity contribution is -0.139. The molecule has 15 aromatic rings. The molecule has 0 spiro atoms. The number of aromatic nitrogens is 15. The first-order valence-electron chi connectivity index (χ1n) is 36.3. The molecular weight excluding hydrogens is 1580 g/mol. The maximum atomic E-state index is 14.3. The number of halogens is 4. The normalized spacial score (nSPS) is 10.7. The molecule has 0 radical (unpaired) electrons. The van der Waals surface area contributed by atoms with Crippen LogP contribution in [0.4, 0.5) is 105 Å². The number of nitrogens with zero attached hydrogens (tertiary/aromatic N) is 15. The van der Waals surface area contributed by atoms with Gasteiger partial charge in [0.05, 0.1) is 5.56 Å². The number of anilines is 15. The van der Waals surface area contributed by atoms with Crippen LogP contribution in [0.3, 0.4) is 0 Å². The predicted octanol–water partition coefficient (Wildman–Crippen LogP) is 19.4.